The van der Waals surface area contributed by atoms with Gasteiger partial charge in [-0.3, -0.25) is 0 Å². The highest BCUT2D eigenvalue weighted by molar-refractivity contribution is 6.75. The van der Waals surface area contributed by atoms with Gasteiger partial charge >= 0.3 is 0 Å². The molecule has 2 nitrogen and oxygen atoms in total. The Morgan fingerprint density at radius 3 is 1.18 bits per heavy atom. The summed E-state index contributed by atoms with van der Waals surface area (Å²) in [5.41, 5.74) is 0. The predicted molar refractivity (Wildman–Crippen MR) is 57.8 cm³/mol. The Hall–Kier alpha value is 0.354. The van der Waals surface area contributed by atoms with Gasteiger partial charge in [0.15, 0.2) is 0 Å². The number of nitrogens with one attached hydrogen (secondary N) is 2. The molecule has 0 aromatic carbocycles. The van der Waals surface area contributed by atoms with Crippen molar-refractivity contribution in [2.45, 2.75) is 39.3 Å². The molecule has 0 saturated carbocycles. The molecule has 4 heteroatoms. The van der Waals surface area contributed by atoms with Crippen molar-refractivity contribution < 1.29 is 0 Å². The van der Waals surface area contributed by atoms with E-state index < -0.39 is 16.5 Å². The molecule has 11 heavy (non-hydrogen) atoms. The summed E-state index contributed by atoms with van der Waals surface area (Å²) in [5, 5.41) is 0. The fourth-order valence-electron chi connectivity index (χ4n) is 0.575. The molecule has 0 spiro atoms. The lowest BCUT2D eigenvalue weighted by molar-refractivity contribution is 0.832. The predicted octanol–water partition coefficient (Wildman–Crippen LogP) is 1.79. The molecule has 0 aromatic heterocycles. The summed E-state index contributed by atoms with van der Waals surface area (Å²) in [5.74, 6) is 0. The van der Waals surface area contributed by atoms with E-state index in [1.54, 1.807) is 0 Å². The van der Waals surface area contributed by atoms with Crippen LogP contribution in [-0.4, -0.2) is 23.1 Å². The third-order valence-electron chi connectivity index (χ3n) is 1.24. The second-order valence-corrected chi connectivity index (χ2v) is 14.7. The molecule has 0 fully saturated rings. The zero-order valence-corrected chi connectivity index (χ0v) is 10.7. The van der Waals surface area contributed by atoms with Gasteiger partial charge in [0, 0.05) is 6.67 Å². The zero-order valence-electron chi connectivity index (χ0n) is 8.71. The van der Waals surface area contributed by atoms with Crippen LogP contribution in [0.2, 0.25) is 39.3 Å². The standard InChI is InChI=1S/C7H22N2Si2/c1-10(2,3)8-7-9-11(4,5)6/h8-9H,7H2,1-6H3. The minimum Gasteiger partial charge on any atom is -0.326 e. The molecule has 0 atom stereocenters. The first-order valence-corrected chi connectivity index (χ1v) is 11.2. The maximum absolute atomic E-state index is 3.54. The molecule has 0 aromatic rings. The molecule has 0 heterocycles. The lowest BCUT2D eigenvalue weighted by atomic mass is 11.3. The Bertz CT molecular complexity index is 98.6. The Morgan fingerprint density at radius 2 is 1.00 bits per heavy atom. The molecular weight excluding hydrogens is 168 g/mol. The number of hydrogen-bond donors (Lipinski definition) is 2. The monoisotopic (exact) mass is 190 g/mol. The van der Waals surface area contributed by atoms with Crippen molar-refractivity contribution >= 4 is 16.5 Å². The maximum atomic E-state index is 3.54. The molecule has 0 radical (unpaired) electrons. The van der Waals surface area contributed by atoms with E-state index in [9.17, 15) is 0 Å². The molecule has 0 aliphatic carbocycles. The topological polar surface area (TPSA) is 24.1 Å². The van der Waals surface area contributed by atoms with Crippen LogP contribution in [-0.2, 0) is 0 Å². The minimum atomic E-state index is -1.05. The first-order valence-electron chi connectivity index (χ1n) is 4.21. The van der Waals surface area contributed by atoms with Crippen LogP contribution < -0.4 is 9.96 Å². The van der Waals surface area contributed by atoms with Crippen LogP contribution in [0.25, 0.3) is 0 Å². The van der Waals surface area contributed by atoms with Crippen LogP contribution in [0.4, 0.5) is 0 Å². The smallest absolute Gasteiger partial charge is 0.117 e. The van der Waals surface area contributed by atoms with Crippen molar-refractivity contribution in [3.8, 4) is 0 Å². The largest absolute Gasteiger partial charge is 0.326 e. The Morgan fingerprint density at radius 1 is 0.727 bits per heavy atom. The molecule has 0 aliphatic heterocycles. The van der Waals surface area contributed by atoms with Crippen LogP contribution in [0.3, 0.4) is 0 Å². The van der Waals surface area contributed by atoms with E-state index >= 15 is 0 Å². The van der Waals surface area contributed by atoms with Gasteiger partial charge in [0.2, 0.25) is 0 Å². The SMILES string of the molecule is C[Si](C)(C)NCN[Si](C)(C)C. The van der Waals surface area contributed by atoms with Crippen LogP contribution in [0.1, 0.15) is 0 Å². The summed E-state index contributed by atoms with van der Waals surface area (Å²) in [6.07, 6.45) is 0. The van der Waals surface area contributed by atoms with E-state index in [2.05, 4.69) is 49.2 Å². The van der Waals surface area contributed by atoms with Gasteiger partial charge in [0.05, 0.1) is 0 Å². The van der Waals surface area contributed by atoms with Crippen LogP contribution in [0, 0.1) is 0 Å². The molecule has 0 rings (SSSR count). The quantitative estimate of drug-likeness (QED) is 0.522. The van der Waals surface area contributed by atoms with E-state index in [0.717, 1.165) is 6.67 Å². The first kappa shape index (κ1) is 11.4. The van der Waals surface area contributed by atoms with Crippen LogP contribution in [0.15, 0.2) is 0 Å². The fraction of sp³-hybridized carbons (Fsp3) is 1.00. The van der Waals surface area contributed by atoms with Gasteiger partial charge in [-0.05, 0) is 0 Å². The van der Waals surface area contributed by atoms with Gasteiger partial charge in [0.25, 0.3) is 0 Å². The molecule has 0 amide bonds. The van der Waals surface area contributed by atoms with E-state index in [1.165, 1.54) is 0 Å². The van der Waals surface area contributed by atoms with E-state index in [1.807, 2.05) is 0 Å². The van der Waals surface area contributed by atoms with Crippen molar-refractivity contribution in [2.75, 3.05) is 6.67 Å². The number of rotatable bonds is 4. The van der Waals surface area contributed by atoms with Gasteiger partial charge < -0.3 is 9.96 Å². The van der Waals surface area contributed by atoms with Gasteiger partial charge in [-0.1, -0.05) is 39.3 Å². The summed E-state index contributed by atoms with van der Waals surface area (Å²) in [6.45, 7) is 14.9. The Kier molecular flexibility index (Phi) is 3.97. The average molecular weight is 190 g/mol. The third-order valence-corrected chi connectivity index (χ3v) is 3.71. The van der Waals surface area contributed by atoms with E-state index in [4.69, 9.17) is 0 Å². The Labute approximate surface area is 73.0 Å². The van der Waals surface area contributed by atoms with E-state index in [0.29, 0.717) is 0 Å². The lowest BCUT2D eigenvalue weighted by Gasteiger charge is -2.23. The van der Waals surface area contributed by atoms with Gasteiger partial charge in [-0.25, -0.2) is 0 Å². The highest BCUT2D eigenvalue weighted by atomic mass is 28.3. The Balaban J connectivity index is 3.44. The average Bonchev–Trinajstić information content (AvgIpc) is 1.55. The highest BCUT2D eigenvalue weighted by Crippen LogP contribution is 1.95. The third kappa shape index (κ3) is 10.4. The van der Waals surface area contributed by atoms with Gasteiger partial charge in [-0.15, -0.1) is 0 Å². The van der Waals surface area contributed by atoms with Crippen LogP contribution >= 0.6 is 0 Å². The second-order valence-electron chi connectivity index (χ2n) is 5.03. The summed E-state index contributed by atoms with van der Waals surface area (Å²) in [4.78, 5) is 7.08. The summed E-state index contributed by atoms with van der Waals surface area (Å²) >= 11 is 0. The zero-order chi connectivity index (χ0) is 9.12. The van der Waals surface area contributed by atoms with Crippen molar-refractivity contribution in [1.82, 2.24) is 9.96 Å². The molecule has 68 valence electrons. The normalized spacial score (nSPS) is 13.6. The summed E-state index contributed by atoms with van der Waals surface area (Å²) in [7, 11) is -2.09. The van der Waals surface area contributed by atoms with Crippen molar-refractivity contribution in [3.05, 3.63) is 0 Å². The van der Waals surface area contributed by atoms with Gasteiger partial charge in [0.1, 0.15) is 16.5 Å². The summed E-state index contributed by atoms with van der Waals surface area (Å²) < 4.78 is 0. The molecule has 0 aliphatic rings. The molecule has 0 unspecified atom stereocenters. The molecule has 0 bridgehead atoms. The molecule has 0 saturated heterocycles. The van der Waals surface area contributed by atoms with Crippen molar-refractivity contribution in [1.29, 1.82) is 0 Å². The molecule has 2 N–H and O–H groups in total. The van der Waals surface area contributed by atoms with E-state index in [-0.39, 0.29) is 0 Å². The van der Waals surface area contributed by atoms with Crippen molar-refractivity contribution in [2.24, 2.45) is 0 Å². The lowest BCUT2D eigenvalue weighted by Crippen LogP contribution is -2.52. The second kappa shape index (κ2) is 3.84. The van der Waals surface area contributed by atoms with Crippen LogP contribution in [0.5, 0.6) is 0 Å². The minimum absolute atomic E-state index is 0.992. The maximum Gasteiger partial charge on any atom is 0.117 e. The molecular formula is C7H22N2Si2. The first-order chi connectivity index (χ1) is 4.71. The fourth-order valence-corrected chi connectivity index (χ4v) is 1.99. The summed E-state index contributed by atoms with van der Waals surface area (Å²) in [6, 6.07) is 0. The number of hydrogen-bond acceptors (Lipinski definition) is 2. The highest BCUT2D eigenvalue weighted by Gasteiger charge is 2.15. The van der Waals surface area contributed by atoms with Crippen molar-refractivity contribution in [3.63, 3.8) is 0 Å². The van der Waals surface area contributed by atoms with Gasteiger partial charge in [-0.2, -0.15) is 0 Å².